The van der Waals surface area contributed by atoms with Crippen LogP contribution < -0.4 is 5.32 Å². The second-order valence-electron chi connectivity index (χ2n) is 4.81. The molecule has 1 saturated heterocycles. The monoisotopic (exact) mass is 234 g/mol. The molecule has 0 saturated carbocycles. The summed E-state index contributed by atoms with van der Waals surface area (Å²) in [6.45, 7) is 4.44. The highest BCUT2D eigenvalue weighted by molar-refractivity contribution is 5.29. The molecule has 1 aromatic heterocycles. The van der Waals surface area contributed by atoms with E-state index in [1.807, 2.05) is 13.2 Å². The van der Waals surface area contributed by atoms with Crippen molar-refractivity contribution < 1.29 is 0 Å². The molecular formula is C13H22N4. The minimum atomic E-state index is 0.670. The minimum Gasteiger partial charge on any atom is -0.372 e. The van der Waals surface area contributed by atoms with Crippen LogP contribution >= 0.6 is 0 Å². The molecule has 0 radical (unpaired) electrons. The van der Waals surface area contributed by atoms with Gasteiger partial charge in [-0.3, -0.25) is 9.88 Å². The molecule has 0 spiro atoms. The SMILES string of the molecule is CNc1cnc(CN2CCCCCC2C)cn1. The van der Waals surface area contributed by atoms with Crippen molar-refractivity contribution in [3.63, 3.8) is 0 Å². The Morgan fingerprint density at radius 3 is 2.88 bits per heavy atom. The van der Waals surface area contributed by atoms with E-state index in [1.165, 1.54) is 32.2 Å². The van der Waals surface area contributed by atoms with Crippen molar-refractivity contribution in [2.24, 2.45) is 0 Å². The number of anilines is 1. The van der Waals surface area contributed by atoms with Crippen LogP contribution in [0.4, 0.5) is 5.82 Å². The molecule has 1 aromatic rings. The molecule has 94 valence electrons. The van der Waals surface area contributed by atoms with Gasteiger partial charge in [-0.25, -0.2) is 4.98 Å². The summed E-state index contributed by atoms with van der Waals surface area (Å²) in [6.07, 6.45) is 9.03. The van der Waals surface area contributed by atoms with Gasteiger partial charge in [0, 0.05) is 19.6 Å². The first-order chi connectivity index (χ1) is 8.29. The van der Waals surface area contributed by atoms with Crippen molar-refractivity contribution in [3.8, 4) is 0 Å². The first-order valence-corrected chi connectivity index (χ1v) is 6.52. The predicted molar refractivity (Wildman–Crippen MR) is 69.9 cm³/mol. The minimum absolute atomic E-state index is 0.670. The van der Waals surface area contributed by atoms with Gasteiger partial charge >= 0.3 is 0 Å². The van der Waals surface area contributed by atoms with E-state index in [0.717, 1.165) is 18.1 Å². The lowest BCUT2D eigenvalue weighted by Gasteiger charge is -2.26. The highest BCUT2D eigenvalue weighted by atomic mass is 15.2. The van der Waals surface area contributed by atoms with Crippen LogP contribution in [0, 0.1) is 0 Å². The molecule has 0 aliphatic carbocycles. The van der Waals surface area contributed by atoms with E-state index in [-0.39, 0.29) is 0 Å². The van der Waals surface area contributed by atoms with Gasteiger partial charge in [-0.15, -0.1) is 0 Å². The summed E-state index contributed by atoms with van der Waals surface area (Å²) in [5.74, 6) is 0.831. The summed E-state index contributed by atoms with van der Waals surface area (Å²) in [6, 6.07) is 0.670. The number of likely N-dealkylation sites (tertiary alicyclic amines) is 1. The third-order valence-electron chi connectivity index (χ3n) is 3.52. The molecule has 0 aromatic carbocycles. The van der Waals surface area contributed by atoms with Crippen molar-refractivity contribution in [1.82, 2.24) is 14.9 Å². The van der Waals surface area contributed by atoms with Gasteiger partial charge in [0.1, 0.15) is 5.82 Å². The standard InChI is InChI=1S/C13H22N4/c1-11-6-4-3-5-7-17(11)10-12-8-16-13(14-2)9-15-12/h8-9,11H,3-7,10H2,1-2H3,(H,14,16). The average molecular weight is 234 g/mol. The summed E-state index contributed by atoms with van der Waals surface area (Å²) in [7, 11) is 1.86. The lowest BCUT2D eigenvalue weighted by atomic mass is 10.1. The van der Waals surface area contributed by atoms with E-state index in [1.54, 1.807) is 6.20 Å². The molecule has 4 nitrogen and oxygen atoms in total. The highest BCUT2D eigenvalue weighted by Gasteiger charge is 2.17. The largest absolute Gasteiger partial charge is 0.372 e. The summed E-state index contributed by atoms with van der Waals surface area (Å²) in [4.78, 5) is 11.3. The van der Waals surface area contributed by atoms with E-state index in [4.69, 9.17) is 0 Å². The second-order valence-corrected chi connectivity index (χ2v) is 4.81. The lowest BCUT2D eigenvalue weighted by Crippen LogP contribution is -2.32. The molecule has 4 heteroatoms. The lowest BCUT2D eigenvalue weighted by molar-refractivity contribution is 0.202. The summed E-state index contributed by atoms with van der Waals surface area (Å²) in [5, 5.41) is 2.99. The first kappa shape index (κ1) is 12.3. The van der Waals surface area contributed by atoms with E-state index >= 15 is 0 Å². The molecule has 0 bridgehead atoms. The fourth-order valence-corrected chi connectivity index (χ4v) is 2.34. The zero-order valence-corrected chi connectivity index (χ0v) is 10.8. The maximum absolute atomic E-state index is 4.44. The fourth-order valence-electron chi connectivity index (χ4n) is 2.34. The van der Waals surface area contributed by atoms with Crippen molar-refractivity contribution in [2.45, 2.75) is 45.2 Å². The molecule has 0 amide bonds. The van der Waals surface area contributed by atoms with Crippen molar-refractivity contribution in [3.05, 3.63) is 18.1 Å². The van der Waals surface area contributed by atoms with Gasteiger partial charge in [0.25, 0.3) is 0 Å². The number of nitrogens with zero attached hydrogens (tertiary/aromatic N) is 3. The number of aromatic nitrogens is 2. The van der Waals surface area contributed by atoms with Crippen LogP contribution in [-0.2, 0) is 6.54 Å². The Bertz CT molecular complexity index is 336. The van der Waals surface area contributed by atoms with Crippen LogP contribution in [0.25, 0.3) is 0 Å². The Morgan fingerprint density at radius 1 is 1.29 bits per heavy atom. The average Bonchev–Trinajstić information content (AvgIpc) is 2.56. The van der Waals surface area contributed by atoms with Gasteiger partial charge in [-0.05, 0) is 26.3 Å². The quantitative estimate of drug-likeness (QED) is 0.871. The van der Waals surface area contributed by atoms with Crippen LogP contribution in [0.5, 0.6) is 0 Å². The van der Waals surface area contributed by atoms with Crippen molar-refractivity contribution in [1.29, 1.82) is 0 Å². The number of nitrogens with one attached hydrogen (secondary N) is 1. The van der Waals surface area contributed by atoms with Gasteiger partial charge in [0.15, 0.2) is 0 Å². The molecule has 1 aliphatic rings. The summed E-state index contributed by atoms with van der Waals surface area (Å²) in [5.41, 5.74) is 1.07. The molecule has 1 aliphatic heterocycles. The van der Waals surface area contributed by atoms with Gasteiger partial charge in [-0.1, -0.05) is 12.8 Å². The zero-order chi connectivity index (χ0) is 12.1. The molecule has 1 unspecified atom stereocenters. The first-order valence-electron chi connectivity index (χ1n) is 6.52. The maximum Gasteiger partial charge on any atom is 0.144 e. The van der Waals surface area contributed by atoms with Gasteiger partial charge in [0.05, 0.1) is 18.1 Å². The topological polar surface area (TPSA) is 41.1 Å². The Kier molecular flexibility index (Phi) is 4.31. The summed E-state index contributed by atoms with van der Waals surface area (Å²) < 4.78 is 0. The van der Waals surface area contributed by atoms with Crippen molar-refractivity contribution >= 4 is 5.82 Å². The van der Waals surface area contributed by atoms with Gasteiger partial charge in [0.2, 0.25) is 0 Å². The van der Waals surface area contributed by atoms with Crippen LogP contribution in [0.1, 0.15) is 38.3 Å². The number of hydrogen-bond donors (Lipinski definition) is 1. The summed E-state index contributed by atoms with van der Waals surface area (Å²) >= 11 is 0. The molecule has 2 rings (SSSR count). The van der Waals surface area contributed by atoms with E-state index in [0.29, 0.717) is 6.04 Å². The third-order valence-corrected chi connectivity index (χ3v) is 3.52. The van der Waals surface area contributed by atoms with Crippen LogP contribution in [0.2, 0.25) is 0 Å². The Morgan fingerprint density at radius 2 is 2.18 bits per heavy atom. The second kappa shape index (κ2) is 5.96. The molecule has 2 heterocycles. The Hall–Kier alpha value is -1.16. The predicted octanol–water partition coefficient (Wildman–Crippen LogP) is 2.28. The molecule has 1 N–H and O–H groups in total. The Labute approximate surface area is 103 Å². The van der Waals surface area contributed by atoms with Crippen LogP contribution in [0.3, 0.4) is 0 Å². The zero-order valence-electron chi connectivity index (χ0n) is 10.8. The number of rotatable bonds is 3. The third kappa shape index (κ3) is 3.40. The van der Waals surface area contributed by atoms with Gasteiger partial charge < -0.3 is 5.32 Å². The molecule has 1 atom stereocenters. The normalized spacial score (nSPS) is 22.1. The van der Waals surface area contributed by atoms with E-state index < -0.39 is 0 Å². The van der Waals surface area contributed by atoms with E-state index in [2.05, 4.69) is 27.1 Å². The molecule has 17 heavy (non-hydrogen) atoms. The van der Waals surface area contributed by atoms with Crippen LogP contribution in [-0.4, -0.2) is 34.5 Å². The van der Waals surface area contributed by atoms with Gasteiger partial charge in [-0.2, -0.15) is 0 Å². The number of hydrogen-bond acceptors (Lipinski definition) is 4. The smallest absolute Gasteiger partial charge is 0.144 e. The highest BCUT2D eigenvalue weighted by Crippen LogP contribution is 2.18. The molecule has 1 fully saturated rings. The fraction of sp³-hybridized carbons (Fsp3) is 0.692. The van der Waals surface area contributed by atoms with Crippen LogP contribution in [0.15, 0.2) is 12.4 Å². The van der Waals surface area contributed by atoms with Crippen molar-refractivity contribution in [2.75, 3.05) is 18.9 Å². The molecular weight excluding hydrogens is 212 g/mol. The Balaban J connectivity index is 1.98. The maximum atomic E-state index is 4.44. The van der Waals surface area contributed by atoms with E-state index in [9.17, 15) is 0 Å².